The Kier molecular flexibility index (Phi) is 3.79. The van der Waals surface area contributed by atoms with Gasteiger partial charge < -0.3 is 0 Å². The molecule has 1 aromatic heterocycles. The smallest absolute Gasteiger partial charge is 0.0699 e. The molecule has 2 aromatic rings. The zero-order valence-electron chi connectivity index (χ0n) is 9.54. The number of rotatable bonds is 4. The van der Waals surface area contributed by atoms with Gasteiger partial charge in [0.1, 0.15) is 0 Å². The standard InChI is InChI=1S/C14H16ClN/c1-2-3-4-9-13-14(15)12-8-6-5-7-11(12)10-16-13/h5-8,10H,2-4,9H2,1H3. The average molecular weight is 234 g/mol. The van der Waals surface area contributed by atoms with Crippen LogP contribution < -0.4 is 0 Å². The summed E-state index contributed by atoms with van der Waals surface area (Å²) in [7, 11) is 0. The summed E-state index contributed by atoms with van der Waals surface area (Å²) >= 11 is 6.36. The second-order valence-corrected chi connectivity index (χ2v) is 4.44. The second-order valence-electron chi connectivity index (χ2n) is 4.06. The molecule has 1 nitrogen and oxygen atoms in total. The predicted octanol–water partition coefficient (Wildman–Crippen LogP) is 4.62. The minimum atomic E-state index is 0.828. The first-order valence-corrected chi connectivity index (χ1v) is 6.23. The van der Waals surface area contributed by atoms with Crippen LogP contribution >= 0.6 is 11.6 Å². The van der Waals surface area contributed by atoms with Crippen molar-refractivity contribution in [1.82, 2.24) is 4.98 Å². The van der Waals surface area contributed by atoms with Crippen LogP contribution in [0.15, 0.2) is 30.5 Å². The molecule has 0 saturated heterocycles. The third-order valence-corrected chi connectivity index (χ3v) is 3.25. The van der Waals surface area contributed by atoms with Crippen LogP contribution in [0, 0.1) is 0 Å². The Morgan fingerprint density at radius 1 is 1.19 bits per heavy atom. The molecule has 0 radical (unpaired) electrons. The second kappa shape index (κ2) is 5.31. The molecule has 84 valence electrons. The van der Waals surface area contributed by atoms with Crippen LogP contribution in [-0.4, -0.2) is 4.98 Å². The number of aromatic nitrogens is 1. The van der Waals surface area contributed by atoms with Crippen LogP contribution in [0.2, 0.25) is 5.02 Å². The Balaban J connectivity index is 2.29. The van der Waals surface area contributed by atoms with Crippen LogP contribution in [0.4, 0.5) is 0 Å². The summed E-state index contributed by atoms with van der Waals surface area (Å²) in [4.78, 5) is 4.45. The number of pyridine rings is 1. The van der Waals surface area contributed by atoms with Gasteiger partial charge in [-0.25, -0.2) is 0 Å². The van der Waals surface area contributed by atoms with Crippen molar-refractivity contribution in [2.75, 3.05) is 0 Å². The fraction of sp³-hybridized carbons (Fsp3) is 0.357. The molecule has 0 bridgehead atoms. The highest BCUT2D eigenvalue weighted by molar-refractivity contribution is 6.36. The molecule has 0 fully saturated rings. The van der Waals surface area contributed by atoms with Crippen molar-refractivity contribution in [1.29, 1.82) is 0 Å². The van der Waals surface area contributed by atoms with Crippen molar-refractivity contribution in [3.63, 3.8) is 0 Å². The maximum absolute atomic E-state index is 6.36. The van der Waals surface area contributed by atoms with E-state index in [0.717, 1.165) is 27.9 Å². The largest absolute Gasteiger partial charge is 0.259 e. The molecule has 0 aliphatic carbocycles. The fourth-order valence-corrected chi connectivity index (χ4v) is 2.20. The minimum Gasteiger partial charge on any atom is -0.259 e. The first-order chi connectivity index (χ1) is 7.83. The minimum absolute atomic E-state index is 0.828. The number of hydrogen-bond acceptors (Lipinski definition) is 1. The number of halogens is 1. The summed E-state index contributed by atoms with van der Waals surface area (Å²) in [6, 6.07) is 8.13. The van der Waals surface area contributed by atoms with Gasteiger partial charge in [0, 0.05) is 17.0 Å². The number of benzene rings is 1. The monoisotopic (exact) mass is 233 g/mol. The third-order valence-electron chi connectivity index (χ3n) is 2.83. The van der Waals surface area contributed by atoms with Crippen LogP contribution in [0.3, 0.4) is 0 Å². The molecule has 2 heteroatoms. The lowest BCUT2D eigenvalue weighted by molar-refractivity contribution is 0.708. The van der Waals surface area contributed by atoms with E-state index in [4.69, 9.17) is 11.6 Å². The Labute approximate surface area is 101 Å². The number of nitrogens with zero attached hydrogens (tertiary/aromatic N) is 1. The summed E-state index contributed by atoms with van der Waals surface area (Å²) in [5.41, 5.74) is 1.04. The maximum Gasteiger partial charge on any atom is 0.0699 e. The lowest BCUT2D eigenvalue weighted by Gasteiger charge is -2.06. The molecule has 0 aliphatic rings. The van der Waals surface area contributed by atoms with Gasteiger partial charge in [0.25, 0.3) is 0 Å². The lowest BCUT2D eigenvalue weighted by atomic mass is 10.1. The molecule has 0 saturated carbocycles. The Morgan fingerprint density at radius 3 is 2.81 bits per heavy atom. The van der Waals surface area contributed by atoms with E-state index in [1.165, 1.54) is 19.3 Å². The SMILES string of the molecule is CCCCCc1ncc2ccccc2c1Cl. The van der Waals surface area contributed by atoms with E-state index in [2.05, 4.69) is 18.0 Å². The van der Waals surface area contributed by atoms with Gasteiger partial charge in [-0.1, -0.05) is 55.6 Å². The number of aryl methyl sites for hydroxylation is 1. The first-order valence-electron chi connectivity index (χ1n) is 5.85. The highest BCUT2D eigenvalue weighted by Gasteiger charge is 2.05. The van der Waals surface area contributed by atoms with E-state index in [9.17, 15) is 0 Å². The van der Waals surface area contributed by atoms with Crippen molar-refractivity contribution >= 4 is 22.4 Å². The van der Waals surface area contributed by atoms with Crippen molar-refractivity contribution in [3.8, 4) is 0 Å². The van der Waals surface area contributed by atoms with Gasteiger partial charge in [-0.05, 0) is 12.8 Å². The lowest BCUT2D eigenvalue weighted by Crippen LogP contribution is -1.92. The van der Waals surface area contributed by atoms with Gasteiger partial charge in [0.15, 0.2) is 0 Å². The summed E-state index contributed by atoms with van der Waals surface area (Å²) in [6.45, 7) is 2.20. The molecule has 0 spiro atoms. The van der Waals surface area contributed by atoms with Crippen LogP contribution in [-0.2, 0) is 6.42 Å². The molecule has 0 amide bonds. The summed E-state index contributed by atoms with van der Waals surface area (Å²) in [5, 5.41) is 3.06. The van der Waals surface area contributed by atoms with Crippen molar-refractivity contribution < 1.29 is 0 Å². The number of fused-ring (bicyclic) bond motifs is 1. The molecule has 0 unspecified atom stereocenters. The number of hydrogen-bond donors (Lipinski definition) is 0. The quantitative estimate of drug-likeness (QED) is 0.703. The molecular formula is C14H16ClN. The molecule has 1 heterocycles. The van der Waals surface area contributed by atoms with E-state index in [-0.39, 0.29) is 0 Å². The molecule has 1 aromatic carbocycles. The van der Waals surface area contributed by atoms with Gasteiger partial charge in [0.05, 0.1) is 10.7 Å². The molecule has 2 rings (SSSR count). The zero-order chi connectivity index (χ0) is 11.4. The molecule has 0 aliphatic heterocycles. The average Bonchev–Trinajstić information content (AvgIpc) is 2.33. The van der Waals surface area contributed by atoms with E-state index >= 15 is 0 Å². The van der Waals surface area contributed by atoms with E-state index in [1.807, 2.05) is 24.4 Å². The van der Waals surface area contributed by atoms with E-state index in [0.29, 0.717) is 0 Å². The summed E-state index contributed by atoms with van der Waals surface area (Å²) < 4.78 is 0. The normalized spacial score (nSPS) is 10.9. The van der Waals surface area contributed by atoms with Crippen molar-refractivity contribution in [3.05, 3.63) is 41.2 Å². The highest BCUT2D eigenvalue weighted by atomic mass is 35.5. The Hall–Kier alpha value is -1.08. The van der Waals surface area contributed by atoms with E-state index < -0.39 is 0 Å². The van der Waals surface area contributed by atoms with Crippen molar-refractivity contribution in [2.45, 2.75) is 32.6 Å². The Morgan fingerprint density at radius 2 is 2.00 bits per heavy atom. The number of unbranched alkanes of at least 4 members (excludes halogenated alkanes) is 2. The molecule has 0 N–H and O–H groups in total. The van der Waals surface area contributed by atoms with E-state index in [1.54, 1.807) is 0 Å². The summed E-state index contributed by atoms with van der Waals surface area (Å²) in [5.74, 6) is 0. The van der Waals surface area contributed by atoms with Gasteiger partial charge in [-0.2, -0.15) is 0 Å². The maximum atomic E-state index is 6.36. The molecule has 16 heavy (non-hydrogen) atoms. The van der Waals surface area contributed by atoms with Crippen LogP contribution in [0.25, 0.3) is 10.8 Å². The topological polar surface area (TPSA) is 12.9 Å². The van der Waals surface area contributed by atoms with Crippen LogP contribution in [0.5, 0.6) is 0 Å². The predicted molar refractivity (Wildman–Crippen MR) is 70.0 cm³/mol. The van der Waals surface area contributed by atoms with Gasteiger partial charge in [-0.3, -0.25) is 4.98 Å². The fourth-order valence-electron chi connectivity index (χ4n) is 1.89. The molecule has 0 atom stereocenters. The van der Waals surface area contributed by atoms with Crippen molar-refractivity contribution in [2.24, 2.45) is 0 Å². The van der Waals surface area contributed by atoms with Gasteiger partial charge >= 0.3 is 0 Å². The summed E-state index contributed by atoms with van der Waals surface area (Å²) in [6.07, 6.45) is 6.54. The first kappa shape index (κ1) is 11.4. The zero-order valence-corrected chi connectivity index (χ0v) is 10.3. The van der Waals surface area contributed by atoms with Crippen LogP contribution in [0.1, 0.15) is 31.9 Å². The highest BCUT2D eigenvalue weighted by Crippen LogP contribution is 2.26. The Bertz CT molecular complexity index is 479. The molecular weight excluding hydrogens is 218 g/mol. The van der Waals surface area contributed by atoms with Gasteiger partial charge in [0.2, 0.25) is 0 Å². The van der Waals surface area contributed by atoms with Gasteiger partial charge in [-0.15, -0.1) is 0 Å². The third kappa shape index (κ3) is 2.35.